The molecule has 2 aromatic carbocycles. The lowest BCUT2D eigenvalue weighted by Crippen LogP contribution is -2.61. The number of aryl methyl sites for hydroxylation is 2. The van der Waals surface area contributed by atoms with Crippen LogP contribution in [0.4, 0.5) is 18.9 Å². The second-order valence-corrected chi connectivity index (χ2v) is 8.75. The molecule has 4 rings (SSSR count). The van der Waals surface area contributed by atoms with E-state index in [1.54, 1.807) is 32.0 Å². The van der Waals surface area contributed by atoms with Gasteiger partial charge in [-0.25, -0.2) is 4.79 Å². The van der Waals surface area contributed by atoms with Crippen molar-refractivity contribution >= 4 is 34.0 Å². The van der Waals surface area contributed by atoms with Gasteiger partial charge in [0.1, 0.15) is 0 Å². The van der Waals surface area contributed by atoms with Gasteiger partial charge in [0, 0.05) is 22.0 Å². The van der Waals surface area contributed by atoms with Crippen molar-refractivity contribution in [1.29, 1.82) is 0 Å². The van der Waals surface area contributed by atoms with E-state index < -0.39 is 35.1 Å². The first kappa shape index (κ1) is 23.3. The van der Waals surface area contributed by atoms with Crippen LogP contribution in [0.25, 0.3) is 10.8 Å². The van der Waals surface area contributed by atoms with Gasteiger partial charge in [-0.15, -0.1) is 0 Å². The number of halogens is 4. The predicted molar refractivity (Wildman–Crippen MR) is 116 cm³/mol. The molecule has 3 aromatic rings. The van der Waals surface area contributed by atoms with Crippen LogP contribution < -0.4 is 10.9 Å². The Morgan fingerprint density at radius 3 is 2.64 bits per heavy atom. The number of fused-ring (bicyclic) bond motifs is 2. The largest absolute Gasteiger partial charge is 0.426 e. The minimum atomic E-state index is -5.23. The van der Waals surface area contributed by atoms with Crippen LogP contribution in [-0.2, 0) is 11.2 Å². The highest BCUT2D eigenvalue weighted by Gasteiger charge is 2.65. The summed E-state index contributed by atoms with van der Waals surface area (Å²) in [7, 11) is 0. The molecule has 0 radical (unpaired) electrons. The van der Waals surface area contributed by atoms with E-state index in [1.165, 1.54) is 18.2 Å². The van der Waals surface area contributed by atoms with Crippen LogP contribution in [0.15, 0.2) is 45.7 Å². The molecule has 3 atom stereocenters. The number of aliphatic hydroxyl groups is 1. The Balaban J connectivity index is 1.71. The van der Waals surface area contributed by atoms with Gasteiger partial charge in [-0.05, 0) is 67.1 Å². The molecular weight excluding hydrogens is 461 g/mol. The number of anilines is 1. The molecule has 1 aliphatic carbocycles. The van der Waals surface area contributed by atoms with Gasteiger partial charge in [0.25, 0.3) is 5.91 Å². The average Bonchev–Trinajstić information content (AvgIpc) is 2.75. The molecule has 0 spiro atoms. The van der Waals surface area contributed by atoms with Crippen molar-refractivity contribution in [3.05, 3.63) is 68.7 Å². The van der Waals surface area contributed by atoms with Crippen LogP contribution in [-0.4, -0.2) is 27.9 Å². The number of aromatic nitrogens is 1. The third-order valence-electron chi connectivity index (χ3n) is 6.39. The Hall–Kier alpha value is -2.91. The van der Waals surface area contributed by atoms with E-state index in [4.69, 9.17) is 11.6 Å². The maximum atomic E-state index is 14.2. The SMILES string of the molecule is Cc1noc(=O)c2ccc(NC(=O)[C@](O)(C3CCc4cc(Cl)ccc4C3C)C(F)(F)F)cc12. The Kier molecular flexibility index (Phi) is 5.74. The van der Waals surface area contributed by atoms with Crippen molar-refractivity contribution in [2.75, 3.05) is 5.32 Å². The van der Waals surface area contributed by atoms with E-state index in [0.29, 0.717) is 21.7 Å². The summed E-state index contributed by atoms with van der Waals surface area (Å²) in [6, 6.07) is 8.82. The van der Waals surface area contributed by atoms with Crippen molar-refractivity contribution < 1.29 is 27.6 Å². The molecule has 6 nitrogen and oxygen atoms in total. The third kappa shape index (κ3) is 3.89. The number of rotatable bonds is 3. The fourth-order valence-corrected chi connectivity index (χ4v) is 4.82. The molecule has 0 saturated carbocycles. The molecule has 0 aliphatic heterocycles. The van der Waals surface area contributed by atoms with Gasteiger partial charge in [-0.1, -0.05) is 29.7 Å². The average molecular weight is 481 g/mol. The number of alkyl halides is 3. The third-order valence-corrected chi connectivity index (χ3v) is 6.63. The summed E-state index contributed by atoms with van der Waals surface area (Å²) in [6.07, 6.45) is -5.04. The number of carbonyl (C=O) groups excluding carboxylic acids is 1. The zero-order chi connectivity index (χ0) is 24.1. The summed E-state index contributed by atoms with van der Waals surface area (Å²) in [5, 5.41) is 17.7. The molecule has 33 heavy (non-hydrogen) atoms. The van der Waals surface area contributed by atoms with Crippen molar-refractivity contribution in [3.63, 3.8) is 0 Å². The minimum absolute atomic E-state index is 0.0127. The quantitative estimate of drug-likeness (QED) is 0.564. The van der Waals surface area contributed by atoms with Gasteiger partial charge in [0.15, 0.2) is 0 Å². The van der Waals surface area contributed by atoms with E-state index in [2.05, 4.69) is 15.0 Å². The van der Waals surface area contributed by atoms with Crippen LogP contribution in [0.5, 0.6) is 0 Å². The number of amides is 1. The van der Waals surface area contributed by atoms with Crippen LogP contribution in [0.1, 0.15) is 36.1 Å². The van der Waals surface area contributed by atoms with Crippen molar-refractivity contribution in [2.24, 2.45) is 5.92 Å². The number of hydrogen-bond donors (Lipinski definition) is 2. The van der Waals surface area contributed by atoms with Crippen LogP contribution in [0.2, 0.25) is 5.02 Å². The van der Waals surface area contributed by atoms with E-state index in [-0.39, 0.29) is 23.9 Å². The summed E-state index contributed by atoms with van der Waals surface area (Å²) in [5.74, 6) is -3.75. The van der Waals surface area contributed by atoms with E-state index in [1.807, 2.05) is 0 Å². The Morgan fingerprint density at radius 2 is 1.94 bits per heavy atom. The van der Waals surface area contributed by atoms with Crippen LogP contribution in [0, 0.1) is 12.8 Å². The Morgan fingerprint density at radius 1 is 1.21 bits per heavy atom. The Labute approximate surface area is 191 Å². The number of benzene rings is 2. The summed E-state index contributed by atoms with van der Waals surface area (Å²) < 4.78 is 47.3. The molecule has 0 saturated heterocycles. The second-order valence-electron chi connectivity index (χ2n) is 8.31. The lowest BCUT2D eigenvalue weighted by molar-refractivity contribution is -0.269. The smallest absolute Gasteiger partial charge is 0.372 e. The molecule has 2 unspecified atom stereocenters. The molecule has 2 N–H and O–H groups in total. The summed E-state index contributed by atoms with van der Waals surface area (Å²) in [6.45, 7) is 3.11. The highest BCUT2D eigenvalue weighted by Crippen LogP contribution is 2.48. The molecule has 1 aromatic heterocycles. The standard InChI is InChI=1S/C23H20ClF3N2O4/c1-11-16-6-4-14(24)9-13(16)3-8-19(11)22(32,23(25,26)27)21(31)28-15-5-7-17-18(10-15)12(2)29-33-20(17)30/h4-7,9-11,19,32H,3,8H2,1-2H3,(H,28,31)/t11?,19?,22-/m1/s1. The maximum Gasteiger partial charge on any atom is 0.426 e. The first-order valence-electron chi connectivity index (χ1n) is 10.2. The lowest BCUT2D eigenvalue weighted by Gasteiger charge is -2.42. The number of carbonyl (C=O) groups is 1. The fourth-order valence-electron chi connectivity index (χ4n) is 4.62. The zero-order valence-electron chi connectivity index (χ0n) is 17.7. The summed E-state index contributed by atoms with van der Waals surface area (Å²) in [5.41, 5.74) is -2.63. The molecule has 1 amide bonds. The molecule has 0 bridgehead atoms. The molecule has 10 heteroatoms. The van der Waals surface area contributed by atoms with E-state index in [9.17, 15) is 27.9 Å². The molecule has 174 valence electrons. The Bertz CT molecular complexity index is 1310. The highest BCUT2D eigenvalue weighted by molar-refractivity contribution is 6.30. The molecular formula is C23H20ClF3N2O4. The monoisotopic (exact) mass is 480 g/mol. The van der Waals surface area contributed by atoms with Gasteiger partial charge < -0.3 is 14.9 Å². The summed E-state index contributed by atoms with van der Waals surface area (Å²) >= 11 is 6.00. The van der Waals surface area contributed by atoms with Crippen LogP contribution in [0.3, 0.4) is 0 Å². The van der Waals surface area contributed by atoms with Gasteiger partial charge in [-0.2, -0.15) is 13.2 Å². The van der Waals surface area contributed by atoms with Crippen molar-refractivity contribution in [1.82, 2.24) is 5.16 Å². The second kappa shape index (κ2) is 8.14. The zero-order valence-corrected chi connectivity index (χ0v) is 18.4. The first-order valence-corrected chi connectivity index (χ1v) is 10.6. The number of hydrogen-bond acceptors (Lipinski definition) is 5. The normalized spacial score (nSPS) is 20.2. The molecule has 1 heterocycles. The fraction of sp³-hybridized carbons (Fsp3) is 0.348. The topological polar surface area (TPSA) is 92.4 Å². The highest BCUT2D eigenvalue weighted by atomic mass is 35.5. The van der Waals surface area contributed by atoms with Gasteiger partial charge >= 0.3 is 11.8 Å². The number of nitrogens with zero attached hydrogens (tertiary/aromatic N) is 1. The summed E-state index contributed by atoms with van der Waals surface area (Å²) in [4.78, 5) is 24.8. The van der Waals surface area contributed by atoms with E-state index in [0.717, 1.165) is 5.56 Å². The van der Waals surface area contributed by atoms with Crippen LogP contribution >= 0.6 is 11.6 Å². The van der Waals surface area contributed by atoms with Gasteiger partial charge in [0.2, 0.25) is 5.60 Å². The van der Waals surface area contributed by atoms with E-state index >= 15 is 0 Å². The first-order chi connectivity index (χ1) is 15.4. The lowest BCUT2D eigenvalue weighted by atomic mass is 9.67. The maximum absolute atomic E-state index is 14.2. The number of nitrogens with one attached hydrogen (secondary N) is 1. The van der Waals surface area contributed by atoms with Crippen molar-refractivity contribution in [3.8, 4) is 0 Å². The molecule has 0 fully saturated rings. The minimum Gasteiger partial charge on any atom is -0.372 e. The van der Waals surface area contributed by atoms with Gasteiger partial charge in [0.05, 0.1) is 11.1 Å². The van der Waals surface area contributed by atoms with Gasteiger partial charge in [-0.3, -0.25) is 4.79 Å². The van der Waals surface area contributed by atoms with Crippen molar-refractivity contribution in [2.45, 2.75) is 44.4 Å². The predicted octanol–water partition coefficient (Wildman–Crippen LogP) is 4.75. The molecule has 1 aliphatic rings.